The van der Waals surface area contributed by atoms with Crippen molar-refractivity contribution in [3.05, 3.63) is 52.9 Å². The van der Waals surface area contributed by atoms with Crippen molar-refractivity contribution in [2.24, 2.45) is 11.8 Å². The molecule has 2 aromatic heterocycles. The third-order valence-corrected chi connectivity index (χ3v) is 7.50. The van der Waals surface area contributed by atoms with Crippen molar-refractivity contribution in [1.29, 1.82) is 0 Å². The normalized spacial score (nSPS) is 20.5. The van der Waals surface area contributed by atoms with E-state index in [0.717, 1.165) is 27.4 Å². The van der Waals surface area contributed by atoms with E-state index >= 15 is 0 Å². The lowest BCUT2D eigenvalue weighted by molar-refractivity contribution is -0.144. The number of benzene rings is 1. The number of aliphatic carboxylic acids is 1. The Balaban J connectivity index is 1.54. The van der Waals surface area contributed by atoms with Crippen LogP contribution in [0.1, 0.15) is 48.9 Å². The number of hydrogen-bond acceptors (Lipinski definition) is 7. The summed E-state index contributed by atoms with van der Waals surface area (Å²) in [5, 5.41) is 24.5. The summed E-state index contributed by atoms with van der Waals surface area (Å²) >= 11 is 1.48. The number of aryl methyl sites for hydroxylation is 2. The van der Waals surface area contributed by atoms with Crippen molar-refractivity contribution in [2.75, 3.05) is 5.32 Å². The first kappa shape index (κ1) is 22.4. The van der Waals surface area contributed by atoms with E-state index in [4.69, 9.17) is 0 Å². The zero-order valence-electron chi connectivity index (χ0n) is 18.5. The van der Waals surface area contributed by atoms with Gasteiger partial charge in [-0.3, -0.25) is 4.79 Å². The van der Waals surface area contributed by atoms with E-state index in [0.29, 0.717) is 36.6 Å². The number of aliphatic hydroxyl groups is 1. The molecule has 1 aromatic carbocycles. The molecule has 0 amide bonds. The van der Waals surface area contributed by atoms with Crippen molar-refractivity contribution in [1.82, 2.24) is 15.0 Å². The molecular formula is C24H28N4O3S. The third-order valence-electron chi connectivity index (χ3n) is 6.22. The second-order valence-corrected chi connectivity index (χ2v) is 9.83. The maximum Gasteiger partial charge on any atom is 0.306 e. The maximum atomic E-state index is 11.3. The van der Waals surface area contributed by atoms with Gasteiger partial charge in [-0.05, 0) is 81.7 Å². The second kappa shape index (κ2) is 8.96. The number of carbonyl (C=O) groups is 1. The molecule has 1 fully saturated rings. The summed E-state index contributed by atoms with van der Waals surface area (Å²) in [4.78, 5) is 25.4. The van der Waals surface area contributed by atoms with Gasteiger partial charge in [-0.1, -0.05) is 6.07 Å². The smallest absolute Gasteiger partial charge is 0.306 e. The minimum Gasteiger partial charge on any atom is -0.481 e. The SMILES string of the molecule is Cc1cc(Nc2nccc(C)n2)cc(-c2cnc(C(C)(O)[C@H]3CC[C@H](C(=O)O)CC3)s2)c1. The Morgan fingerprint density at radius 3 is 2.59 bits per heavy atom. The molecule has 1 aliphatic rings. The van der Waals surface area contributed by atoms with E-state index in [2.05, 4.69) is 26.3 Å². The first-order chi connectivity index (χ1) is 15.2. The van der Waals surface area contributed by atoms with Crippen LogP contribution < -0.4 is 5.32 Å². The number of nitrogens with one attached hydrogen (secondary N) is 1. The molecule has 3 aromatic rings. The average Bonchev–Trinajstić information content (AvgIpc) is 3.25. The molecule has 8 heteroatoms. The van der Waals surface area contributed by atoms with E-state index in [1.807, 2.05) is 32.0 Å². The highest BCUT2D eigenvalue weighted by Gasteiger charge is 2.40. The maximum absolute atomic E-state index is 11.3. The van der Waals surface area contributed by atoms with Crippen molar-refractivity contribution in [2.45, 2.75) is 52.1 Å². The number of anilines is 2. The fourth-order valence-corrected chi connectivity index (χ4v) is 5.38. The molecule has 3 N–H and O–H groups in total. The van der Waals surface area contributed by atoms with E-state index in [-0.39, 0.29) is 11.8 Å². The fraction of sp³-hybridized carbons (Fsp3) is 0.417. The summed E-state index contributed by atoms with van der Waals surface area (Å²) in [5.74, 6) is -0.485. The molecule has 0 aliphatic heterocycles. The van der Waals surface area contributed by atoms with E-state index in [1.54, 1.807) is 19.3 Å². The van der Waals surface area contributed by atoms with Crippen LogP contribution in [-0.2, 0) is 10.4 Å². The molecule has 168 valence electrons. The monoisotopic (exact) mass is 452 g/mol. The number of thiazole rings is 1. The highest BCUT2D eigenvalue weighted by atomic mass is 32.1. The lowest BCUT2D eigenvalue weighted by atomic mass is 9.74. The van der Waals surface area contributed by atoms with Gasteiger partial charge in [0, 0.05) is 23.8 Å². The lowest BCUT2D eigenvalue weighted by Crippen LogP contribution is -2.35. The first-order valence-electron chi connectivity index (χ1n) is 10.8. The molecule has 1 saturated carbocycles. The summed E-state index contributed by atoms with van der Waals surface area (Å²) in [6, 6.07) is 8.01. The molecule has 2 heterocycles. The molecule has 4 rings (SSSR count). The van der Waals surface area contributed by atoms with Crippen LogP contribution in [0.3, 0.4) is 0 Å². The van der Waals surface area contributed by atoms with Crippen LogP contribution in [0.15, 0.2) is 36.7 Å². The van der Waals surface area contributed by atoms with E-state index in [9.17, 15) is 15.0 Å². The Morgan fingerprint density at radius 1 is 1.16 bits per heavy atom. The number of carboxylic acids is 1. The van der Waals surface area contributed by atoms with E-state index in [1.165, 1.54) is 11.3 Å². The van der Waals surface area contributed by atoms with Crippen LogP contribution in [0.2, 0.25) is 0 Å². The Bertz CT molecular complexity index is 1120. The van der Waals surface area contributed by atoms with Crippen molar-refractivity contribution < 1.29 is 15.0 Å². The average molecular weight is 453 g/mol. The summed E-state index contributed by atoms with van der Waals surface area (Å²) in [7, 11) is 0. The molecule has 32 heavy (non-hydrogen) atoms. The topological polar surface area (TPSA) is 108 Å². The van der Waals surface area contributed by atoms with Crippen molar-refractivity contribution in [3.63, 3.8) is 0 Å². The number of hydrogen-bond donors (Lipinski definition) is 3. The molecular weight excluding hydrogens is 424 g/mol. The molecule has 0 bridgehead atoms. The Labute approximate surface area is 191 Å². The molecule has 0 radical (unpaired) electrons. The summed E-state index contributed by atoms with van der Waals surface area (Å²) in [6.07, 6.45) is 6.11. The predicted molar refractivity (Wildman–Crippen MR) is 125 cm³/mol. The molecule has 1 unspecified atom stereocenters. The van der Waals surface area contributed by atoms with Gasteiger partial charge < -0.3 is 15.5 Å². The van der Waals surface area contributed by atoms with Gasteiger partial charge in [-0.2, -0.15) is 0 Å². The lowest BCUT2D eigenvalue weighted by Gasteiger charge is -2.35. The predicted octanol–water partition coefficient (Wildman–Crippen LogP) is 5.06. The molecule has 1 aliphatic carbocycles. The highest BCUT2D eigenvalue weighted by molar-refractivity contribution is 7.15. The van der Waals surface area contributed by atoms with Gasteiger partial charge in [0.15, 0.2) is 0 Å². The van der Waals surface area contributed by atoms with Crippen LogP contribution in [0.25, 0.3) is 10.4 Å². The Morgan fingerprint density at radius 2 is 1.91 bits per heavy atom. The van der Waals surface area contributed by atoms with E-state index < -0.39 is 11.6 Å². The minimum atomic E-state index is -1.08. The second-order valence-electron chi connectivity index (χ2n) is 8.80. The van der Waals surface area contributed by atoms with Crippen LogP contribution in [0.4, 0.5) is 11.6 Å². The molecule has 0 saturated heterocycles. The Kier molecular flexibility index (Phi) is 6.26. The first-order valence-corrected chi connectivity index (χ1v) is 11.6. The van der Waals surface area contributed by atoms with Crippen LogP contribution >= 0.6 is 11.3 Å². The minimum absolute atomic E-state index is 0.00491. The standard InChI is InChI=1S/C24H28N4O3S/c1-14-10-17(12-19(11-14)28-23-25-9-8-15(2)27-23)20-13-26-22(32-20)24(3,31)18-6-4-16(5-7-18)21(29)30/h8-13,16,18,31H,4-7H2,1-3H3,(H,29,30)(H,25,27,28)/t16-,18-,24?. The zero-order chi connectivity index (χ0) is 22.9. The Hall–Kier alpha value is -2.84. The summed E-state index contributed by atoms with van der Waals surface area (Å²) < 4.78 is 0. The molecule has 1 atom stereocenters. The van der Waals surface area contributed by atoms with Gasteiger partial charge in [0.25, 0.3) is 0 Å². The number of nitrogens with zero attached hydrogens (tertiary/aromatic N) is 3. The van der Waals surface area contributed by atoms with Gasteiger partial charge in [-0.25, -0.2) is 15.0 Å². The van der Waals surface area contributed by atoms with Gasteiger partial charge >= 0.3 is 5.97 Å². The number of aromatic nitrogens is 3. The van der Waals surface area contributed by atoms with Crippen molar-refractivity contribution in [3.8, 4) is 10.4 Å². The van der Waals surface area contributed by atoms with Gasteiger partial charge in [0.05, 0.1) is 10.8 Å². The summed E-state index contributed by atoms with van der Waals surface area (Å²) in [5.41, 5.74) is 2.80. The summed E-state index contributed by atoms with van der Waals surface area (Å²) in [6.45, 7) is 5.76. The quantitative estimate of drug-likeness (QED) is 0.480. The van der Waals surface area contributed by atoms with Gasteiger partial charge in [0.1, 0.15) is 10.6 Å². The molecule has 7 nitrogen and oxygen atoms in total. The number of rotatable bonds is 6. The largest absolute Gasteiger partial charge is 0.481 e. The third kappa shape index (κ3) is 4.81. The molecule has 0 spiro atoms. The fourth-order valence-electron chi connectivity index (χ4n) is 4.35. The van der Waals surface area contributed by atoms with Crippen LogP contribution in [0.5, 0.6) is 0 Å². The zero-order valence-corrected chi connectivity index (χ0v) is 19.3. The van der Waals surface area contributed by atoms with Crippen LogP contribution in [-0.4, -0.2) is 31.1 Å². The van der Waals surface area contributed by atoms with Crippen molar-refractivity contribution >= 4 is 28.9 Å². The highest BCUT2D eigenvalue weighted by Crippen LogP contribution is 2.43. The van der Waals surface area contributed by atoms with Gasteiger partial charge in [-0.15, -0.1) is 11.3 Å². The number of carboxylic acid groups (broad SMARTS) is 1. The van der Waals surface area contributed by atoms with Gasteiger partial charge in [0.2, 0.25) is 5.95 Å². The van der Waals surface area contributed by atoms with Crippen LogP contribution in [0, 0.1) is 25.7 Å².